The van der Waals surface area contributed by atoms with Crippen molar-refractivity contribution in [2.24, 2.45) is 0 Å². The molecule has 1 fully saturated rings. The van der Waals surface area contributed by atoms with E-state index in [2.05, 4.69) is 50.7 Å². The predicted octanol–water partition coefficient (Wildman–Crippen LogP) is 6.14. The molecule has 0 amide bonds. The smallest absolute Gasteiger partial charge is 0.306 e. The van der Waals surface area contributed by atoms with Gasteiger partial charge in [-0.05, 0) is 49.6 Å². The number of nitrogens with zero attached hydrogens (tertiary/aromatic N) is 4. The first-order valence-corrected chi connectivity index (χ1v) is 14.9. The van der Waals surface area contributed by atoms with E-state index in [4.69, 9.17) is 9.97 Å². The molecule has 3 aromatic carbocycles. The van der Waals surface area contributed by atoms with Crippen molar-refractivity contribution in [1.82, 2.24) is 34.4 Å². The number of likely N-dealkylation sites (tertiary alicyclic amines) is 1. The highest BCUT2D eigenvalue weighted by molar-refractivity contribution is 5.94. The molecule has 1 aliphatic heterocycles. The molecule has 6 aromatic rings. The van der Waals surface area contributed by atoms with Gasteiger partial charge in [0.15, 0.2) is 0 Å². The summed E-state index contributed by atoms with van der Waals surface area (Å²) in [5.41, 5.74) is 8.96. The summed E-state index contributed by atoms with van der Waals surface area (Å²) in [7, 11) is 0. The molecular formula is C35H33N7O2. The van der Waals surface area contributed by atoms with E-state index < -0.39 is 0 Å². The molecular weight excluding hydrogens is 550 g/mol. The topological polar surface area (TPSA) is 115 Å². The van der Waals surface area contributed by atoms with Crippen molar-refractivity contribution in [3.63, 3.8) is 0 Å². The molecule has 1 aliphatic rings. The van der Waals surface area contributed by atoms with Crippen LogP contribution in [0.1, 0.15) is 42.8 Å². The number of imidazole rings is 2. The number of fused-ring (bicyclic) bond motifs is 2. The van der Waals surface area contributed by atoms with E-state index in [0.717, 1.165) is 71.9 Å². The Morgan fingerprint density at radius 2 is 1.48 bits per heavy atom. The molecule has 220 valence electrons. The summed E-state index contributed by atoms with van der Waals surface area (Å²) >= 11 is 0. The third-order valence-corrected chi connectivity index (χ3v) is 8.43. The minimum absolute atomic E-state index is 0.0699. The highest BCUT2D eigenvalue weighted by atomic mass is 16.1. The van der Waals surface area contributed by atoms with Gasteiger partial charge < -0.3 is 15.0 Å². The van der Waals surface area contributed by atoms with Crippen LogP contribution in [0.5, 0.6) is 0 Å². The highest BCUT2D eigenvalue weighted by Gasteiger charge is 2.25. The van der Waals surface area contributed by atoms with Crippen LogP contribution in [0.15, 0.2) is 89.0 Å². The molecule has 3 aromatic heterocycles. The summed E-state index contributed by atoms with van der Waals surface area (Å²) < 4.78 is 1.90. The molecule has 9 nitrogen and oxygen atoms in total. The summed E-state index contributed by atoms with van der Waals surface area (Å²) in [6.45, 7) is 8.47. The van der Waals surface area contributed by atoms with Crippen molar-refractivity contribution < 1.29 is 0 Å². The normalized spacial score (nSPS) is 14.7. The number of aromatic nitrogens is 6. The Bertz CT molecular complexity index is 2120. The lowest BCUT2D eigenvalue weighted by molar-refractivity contribution is 0.177. The maximum atomic E-state index is 12.7. The number of aromatic amines is 3. The second-order valence-electron chi connectivity index (χ2n) is 11.3. The van der Waals surface area contributed by atoms with Gasteiger partial charge >= 0.3 is 11.4 Å². The van der Waals surface area contributed by atoms with Crippen molar-refractivity contribution in [3.05, 3.63) is 117 Å². The van der Waals surface area contributed by atoms with E-state index in [9.17, 15) is 9.59 Å². The summed E-state index contributed by atoms with van der Waals surface area (Å²) in [6, 6.07) is 22.5. The minimum Gasteiger partial charge on any atom is -0.306 e. The number of hydrogen-bond donors (Lipinski definition) is 3. The Hall–Kier alpha value is -5.28. The standard InChI is InChI=1S/C35H33N7O2/c1-3-8-31-26(4-2)40-35(44)42(31)25-15-17-41(18-16-25)21-22-11-13-24(14-12-22)33-32(23-9-6-5-7-10-23)36-27-19-29-30(20-28(27)37-33)39-34(43)38-29/h3-14,19-20,25H,2,15-18,21H2,1H3,(H,40,44)(H2,38,39,43)/b8-3-. The molecule has 4 heterocycles. The van der Waals surface area contributed by atoms with Gasteiger partial charge in [0.1, 0.15) is 0 Å². The quantitative estimate of drug-likeness (QED) is 0.209. The van der Waals surface area contributed by atoms with Crippen LogP contribution in [-0.2, 0) is 6.54 Å². The molecule has 3 N–H and O–H groups in total. The average Bonchev–Trinajstić information content (AvgIpc) is 3.57. The molecule has 0 saturated carbocycles. The molecule has 0 spiro atoms. The first-order valence-electron chi connectivity index (χ1n) is 14.9. The van der Waals surface area contributed by atoms with Crippen LogP contribution in [0.2, 0.25) is 0 Å². The lowest BCUT2D eigenvalue weighted by Gasteiger charge is -2.32. The second-order valence-corrected chi connectivity index (χ2v) is 11.3. The van der Waals surface area contributed by atoms with E-state index in [1.807, 2.05) is 66.1 Å². The van der Waals surface area contributed by atoms with Crippen molar-refractivity contribution in [2.45, 2.75) is 32.4 Å². The zero-order chi connectivity index (χ0) is 30.2. The number of benzene rings is 3. The molecule has 0 radical (unpaired) electrons. The lowest BCUT2D eigenvalue weighted by Crippen LogP contribution is -2.37. The van der Waals surface area contributed by atoms with E-state index >= 15 is 0 Å². The number of allylic oxidation sites excluding steroid dienone is 1. The van der Waals surface area contributed by atoms with Crippen LogP contribution in [0.3, 0.4) is 0 Å². The molecule has 9 heteroatoms. The first kappa shape index (κ1) is 27.5. The van der Waals surface area contributed by atoms with Gasteiger partial charge in [0.2, 0.25) is 0 Å². The molecule has 44 heavy (non-hydrogen) atoms. The van der Waals surface area contributed by atoms with Gasteiger partial charge in [0.25, 0.3) is 0 Å². The summed E-state index contributed by atoms with van der Waals surface area (Å²) in [5, 5.41) is 0. The molecule has 0 atom stereocenters. The monoisotopic (exact) mass is 583 g/mol. The molecule has 1 saturated heterocycles. The fourth-order valence-corrected chi connectivity index (χ4v) is 6.27. The maximum absolute atomic E-state index is 12.7. The van der Waals surface area contributed by atoms with Gasteiger partial charge in [-0.2, -0.15) is 0 Å². The lowest BCUT2D eigenvalue weighted by atomic mass is 10.0. The van der Waals surface area contributed by atoms with Crippen molar-refractivity contribution in [1.29, 1.82) is 0 Å². The van der Waals surface area contributed by atoms with Crippen LogP contribution in [0, 0.1) is 0 Å². The third kappa shape index (κ3) is 5.11. The van der Waals surface area contributed by atoms with Gasteiger partial charge in [-0.1, -0.05) is 67.3 Å². The van der Waals surface area contributed by atoms with Crippen LogP contribution in [0.25, 0.3) is 56.7 Å². The van der Waals surface area contributed by atoms with E-state index in [0.29, 0.717) is 16.6 Å². The highest BCUT2D eigenvalue weighted by Crippen LogP contribution is 2.32. The number of nitrogens with one attached hydrogen (secondary N) is 3. The fourth-order valence-electron chi connectivity index (χ4n) is 6.27. The Kier molecular flexibility index (Phi) is 7.15. The van der Waals surface area contributed by atoms with Gasteiger partial charge in [-0.15, -0.1) is 0 Å². The van der Waals surface area contributed by atoms with Crippen LogP contribution < -0.4 is 11.4 Å². The number of hydrogen-bond acceptors (Lipinski definition) is 5. The number of H-pyrrole nitrogens is 3. The first-order chi connectivity index (χ1) is 21.5. The molecule has 0 aliphatic carbocycles. The van der Waals surface area contributed by atoms with Gasteiger partial charge in [0, 0.05) is 36.8 Å². The van der Waals surface area contributed by atoms with E-state index in [1.54, 1.807) is 6.08 Å². The summed E-state index contributed by atoms with van der Waals surface area (Å²) in [4.78, 5) is 45.7. The maximum Gasteiger partial charge on any atom is 0.326 e. The Morgan fingerprint density at radius 1 is 0.864 bits per heavy atom. The van der Waals surface area contributed by atoms with Crippen molar-refractivity contribution in [2.75, 3.05) is 13.1 Å². The van der Waals surface area contributed by atoms with Crippen LogP contribution >= 0.6 is 0 Å². The minimum atomic E-state index is -0.253. The third-order valence-electron chi connectivity index (χ3n) is 8.43. The summed E-state index contributed by atoms with van der Waals surface area (Å²) in [6.07, 6.45) is 7.46. The van der Waals surface area contributed by atoms with Gasteiger partial charge in [-0.3, -0.25) is 9.47 Å². The second kappa shape index (κ2) is 11.4. The number of rotatable bonds is 7. The van der Waals surface area contributed by atoms with Gasteiger partial charge in [0.05, 0.1) is 44.8 Å². The molecule has 0 unspecified atom stereocenters. The van der Waals surface area contributed by atoms with Crippen LogP contribution in [-0.4, -0.2) is 47.5 Å². The Labute approximate surface area is 253 Å². The Balaban J connectivity index is 1.13. The van der Waals surface area contributed by atoms with Crippen molar-refractivity contribution >= 4 is 34.2 Å². The fraction of sp³-hybridized carbons (Fsp3) is 0.200. The predicted molar refractivity (Wildman–Crippen MR) is 176 cm³/mol. The average molecular weight is 584 g/mol. The van der Waals surface area contributed by atoms with E-state index in [-0.39, 0.29) is 17.4 Å². The molecule has 7 rings (SSSR count). The Morgan fingerprint density at radius 3 is 2.07 bits per heavy atom. The number of piperidine rings is 1. The SMILES string of the molecule is C=Cc1[nH]c(=O)n(C2CCN(Cc3ccc(-c4nc5cc6[nH]c(=O)[nH]c6cc5nc4-c4ccccc4)cc3)CC2)c1/C=C\C. The molecule has 0 bridgehead atoms. The zero-order valence-corrected chi connectivity index (χ0v) is 24.5. The van der Waals surface area contributed by atoms with Crippen LogP contribution in [0.4, 0.5) is 0 Å². The van der Waals surface area contributed by atoms with E-state index in [1.165, 1.54) is 5.56 Å². The van der Waals surface area contributed by atoms with Crippen molar-refractivity contribution in [3.8, 4) is 22.5 Å². The summed E-state index contributed by atoms with van der Waals surface area (Å²) in [5.74, 6) is 0. The van der Waals surface area contributed by atoms with Gasteiger partial charge in [-0.25, -0.2) is 19.6 Å². The zero-order valence-electron chi connectivity index (χ0n) is 24.5. The largest absolute Gasteiger partial charge is 0.326 e.